The van der Waals surface area contributed by atoms with Crippen molar-refractivity contribution in [3.63, 3.8) is 0 Å². The minimum Gasteiger partial charge on any atom is -0.486 e. The average Bonchev–Trinajstić information content (AvgIpc) is 3.01. The van der Waals surface area contributed by atoms with Gasteiger partial charge in [0.15, 0.2) is 11.5 Å². The number of aryl methyl sites for hydroxylation is 1. The molecule has 0 saturated carbocycles. The third-order valence-electron chi connectivity index (χ3n) is 4.85. The molecular formula is C20H18F3N3O3. The molecule has 0 atom stereocenters. The molecule has 1 N–H and O–H groups in total. The van der Waals surface area contributed by atoms with E-state index < -0.39 is 24.5 Å². The number of anilines is 1. The highest BCUT2D eigenvalue weighted by Gasteiger charge is 2.38. The Labute approximate surface area is 164 Å². The van der Waals surface area contributed by atoms with E-state index in [1.54, 1.807) is 12.1 Å². The summed E-state index contributed by atoms with van der Waals surface area (Å²) >= 11 is 0. The van der Waals surface area contributed by atoms with Gasteiger partial charge in [-0.3, -0.25) is 4.79 Å². The monoisotopic (exact) mass is 405 g/mol. The molecule has 4 rings (SSSR count). The predicted octanol–water partition coefficient (Wildman–Crippen LogP) is 4.08. The van der Waals surface area contributed by atoms with Crippen molar-refractivity contribution in [2.24, 2.45) is 0 Å². The fraction of sp³-hybridized carbons (Fsp3) is 0.300. The van der Waals surface area contributed by atoms with E-state index >= 15 is 0 Å². The molecule has 0 aliphatic carbocycles. The molecular weight excluding hydrogens is 387 g/mol. The number of alkyl halides is 3. The first-order valence-electron chi connectivity index (χ1n) is 8.97. The van der Waals surface area contributed by atoms with E-state index in [1.807, 2.05) is 19.9 Å². The largest absolute Gasteiger partial charge is 0.486 e. The molecule has 0 bridgehead atoms. The van der Waals surface area contributed by atoms with Gasteiger partial charge in [0.2, 0.25) is 11.7 Å². The number of benzene rings is 2. The SMILES string of the molecule is Cc1cccc(NC(=O)Cn2c(C(F)(F)F)nc3cc4c(cc32)OCCO4)c1C. The minimum atomic E-state index is -4.72. The summed E-state index contributed by atoms with van der Waals surface area (Å²) in [5.74, 6) is -1.07. The van der Waals surface area contributed by atoms with E-state index in [-0.39, 0.29) is 11.0 Å². The molecule has 3 aromatic rings. The fourth-order valence-electron chi connectivity index (χ4n) is 3.26. The summed E-state index contributed by atoms with van der Waals surface area (Å²) in [7, 11) is 0. The highest BCUT2D eigenvalue weighted by molar-refractivity contribution is 5.93. The Morgan fingerprint density at radius 3 is 2.55 bits per heavy atom. The van der Waals surface area contributed by atoms with Crippen LogP contribution in [0.1, 0.15) is 17.0 Å². The highest BCUT2D eigenvalue weighted by atomic mass is 19.4. The Bertz CT molecular complexity index is 1110. The van der Waals surface area contributed by atoms with Crippen LogP contribution in [0.4, 0.5) is 18.9 Å². The second kappa shape index (κ2) is 6.98. The molecule has 6 nitrogen and oxygen atoms in total. The Hall–Kier alpha value is -3.23. The van der Waals surface area contributed by atoms with Crippen LogP contribution in [0.15, 0.2) is 30.3 Å². The van der Waals surface area contributed by atoms with Crippen molar-refractivity contribution in [3.8, 4) is 11.5 Å². The van der Waals surface area contributed by atoms with Crippen LogP contribution in [-0.2, 0) is 17.5 Å². The van der Waals surface area contributed by atoms with Gasteiger partial charge in [0.05, 0.1) is 11.0 Å². The predicted molar refractivity (Wildman–Crippen MR) is 100 cm³/mol. The lowest BCUT2D eigenvalue weighted by molar-refractivity contribution is -0.147. The molecule has 29 heavy (non-hydrogen) atoms. The fourth-order valence-corrected chi connectivity index (χ4v) is 3.26. The zero-order valence-corrected chi connectivity index (χ0v) is 15.8. The third kappa shape index (κ3) is 3.59. The van der Waals surface area contributed by atoms with E-state index in [9.17, 15) is 18.0 Å². The lowest BCUT2D eigenvalue weighted by Crippen LogP contribution is -2.23. The molecule has 1 aromatic heterocycles. The van der Waals surface area contributed by atoms with Crippen molar-refractivity contribution in [2.45, 2.75) is 26.6 Å². The summed E-state index contributed by atoms with van der Waals surface area (Å²) in [6, 6.07) is 8.20. The van der Waals surface area contributed by atoms with Crippen molar-refractivity contribution in [1.29, 1.82) is 0 Å². The zero-order valence-electron chi connectivity index (χ0n) is 15.8. The van der Waals surface area contributed by atoms with Gasteiger partial charge < -0.3 is 19.4 Å². The standard InChI is InChI=1S/C20H18F3N3O3/c1-11-4-3-5-13(12(11)2)24-18(27)10-26-15-9-17-16(28-6-7-29-17)8-14(15)25-19(26)20(21,22)23/h3-5,8-9H,6-7,10H2,1-2H3,(H,24,27). The summed E-state index contributed by atoms with van der Waals surface area (Å²) < 4.78 is 52.5. The van der Waals surface area contributed by atoms with E-state index in [0.717, 1.165) is 15.7 Å². The molecule has 0 unspecified atom stereocenters. The van der Waals surface area contributed by atoms with Crippen LogP contribution in [0, 0.1) is 13.8 Å². The van der Waals surface area contributed by atoms with Gasteiger partial charge in [-0.15, -0.1) is 0 Å². The zero-order chi connectivity index (χ0) is 20.8. The van der Waals surface area contributed by atoms with Crippen molar-refractivity contribution < 1.29 is 27.4 Å². The number of fused-ring (bicyclic) bond motifs is 2. The van der Waals surface area contributed by atoms with Crippen LogP contribution in [-0.4, -0.2) is 28.7 Å². The minimum absolute atomic E-state index is 0.0844. The van der Waals surface area contributed by atoms with Gasteiger partial charge in [-0.25, -0.2) is 4.98 Å². The van der Waals surface area contributed by atoms with Crippen LogP contribution in [0.3, 0.4) is 0 Å². The molecule has 0 fully saturated rings. The number of ether oxygens (including phenoxy) is 2. The third-order valence-corrected chi connectivity index (χ3v) is 4.85. The first-order chi connectivity index (χ1) is 13.7. The molecule has 0 radical (unpaired) electrons. The molecule has 0 saturated heterocycles. The van der Waals surface area contributed by atoms with Crippen molar-refractivity contribution >= 4 is 22.6 Å². The number of amides is 1. The number of hydrogen-bond acceptors (Lipinski definition) is 4. The number of nitrogens with one attached hydrogen (secondary N) is 1. The molecule has 2 aromatic carbocycles. The first kappa shape index (κ1) is 19.1. The van der Waals surface area contributed by atoms with E-state index in [4.69, 9.17) is 9.47 Å². The normalized spacial score (nSPS) is 13.6. The summed E-state index contributed by atoms with van der Waals surface area (Å²) in [5, 5.41) is 2.68. The summed E-state index contributed by atoms with van der Waals surface area (Å²) in [6.45, 7) is 3.79. The maximum atomic E-state index is 13.6. The molecule has 1 amide bonds. The molecule has 1 aliphatic rings. The second-order valence-electron chi connectivity index (χ2n) is 6.80. The first-order valence-corrected chi connectivity index (χ1v) is 8.97. The topological polar surface area (TPSA) is 65.4 Å². The number of carbonyl (C=O) groups is 1. The van der Waals surface area contributed by atoms with Crippen LogP contribution in [0.2, 0.25) is 0 Å². The number of rotatable bonds is 3. The van der Waals surface area contributed by atoms with Gasteiger partial charge in [0.1, 0.15) is 19.8 Å². The van der Waals surface area contributed by atoms with Crippen molar-refractivity contribution in [3.05, 3.63) is 47.3 Å². The molecule has 152 valence electrons. The second-order valence-corrected chi connectivity index (χ2v) is 6.80. The number of aromatic nitrogens is 2. The molecule has 1 aliphatic heterocycles. The van der Waals surface area contributed by atoms with Gasteiger partial charge in [-0.05, 0) is 31.0 Å². The Balaban J connectivity index is 1.73. The molecule has 0 spiro atoms. The Kier molecular flexibility index (Phi) is 4.60. The van der Waals surface area contributed by atoms with Gasteiger partial charge in [-0.2, -0.15) is 13.2 Å². The number of hydrogen-bond donors (Lipinski definition) is 1. The van der Waals surface area contributed by atoms with E-state index in [1.165, 1.54) is 12.1 Å². The number of imidazole rings is 1. The van der Waals surface area contributed by atoms with Gasteiger partial charge in [-0.1, -0.05) is 12.1 Å². The maximum Gasteiger partial charge on any atom is 0.449 e. The van der Waals surface area contributed by atoms with Crippen molar-refractivity contribution in [1.82, 2.24) is 9.55 Å². The summed E-state index contributed by atoms with van der Waals surface area (Å²) in [6.07, 6.45) is -4.72. The lowest BCUT2D eigenvalue weighted by Gasteiger charge is -2.18. The van der Waals surface area contributed by atoms with Crippen LogP contribution in [0.25, 0.3) is 11.0 Å². The highest BCUT2D eigenvalue weighted by Crippen LogP contribution is 2.38. The van der Waals surface area contributed by atoms with Crippen LogP contribution < -0.4 is 14.8 Å². The lowest BCUT2D eigenvalue weighted by atomic mass is 10.1. The molecule has 9 heteroatoms. The van der Waals surface area contributed by atoms with Gasteiger partial charge in [0.25, 0.3) is 0 Å². The molecule has 2 heterocycles. The smallest absolute Gasteiger partial charge is 0.449 e. The van der Waals surface area contributed by atoms with Crippen molar-refractivity contribution in [2.75, 3.05) is 18.5 Å². The number of carbonyl (C=O) groups excluding carboxylic acids is 1. The van der Waals surface area contributed by atoms with Crippen LogP contribution >= 0.6 is 0 Å². The van der Waals surface area contributed by atoms with E-state index in [2.05, 4.69) is 10.3 Å². The number of halogens is 3. The quantitative estimate of drug-likeness (QED) is 0.713. The summed E-state index contributed by atoms with van der Waals surface area (Å²) in [4.78, 5) is 16.3. The Morgan fingerprint density at radius 1 is 1.17 bits per heavy atom. The van der Waals surface area contributed by atoms with E-state index in [0.29, 0.717) is 30.4 Å². The summed E-state index contributed by atoms with van der Waals surface area (Å²) in [5.41, 5.74) is 2.61. The van der Waals surface area contributed by atoms with Gasteiger partial charge >= 0.3 is 6.18 Å². The Morgan fingerprint density at radius 2 is 1.86 bits per heavy atom. The average molecular weight is 405 g/mol. The maximum absolute atomic E-state index is 13.6. The van der Waals surface area contributed by atoms with Gasteiger partial charge in [0, 0.05) is 17.8 Å². The van der Waals surface area contributed by atoms with Crippen LogP contribution in [0.5, 0.6) is 11.5 Å². The number of nitrogens with zero attached hydrogens (tertiary/aromatic N) is 2.